The Kier molecular flexibility index (Phi) is 3.65. The van der Waals surface area contributed by atoms with Crippen LogP contribution in [0, 0.1) is 6.04 Å². The molecule has 1 aliphatic rings. The van der Waals surface area contributed by atoms with Crippen molar-refractivity contribution in [2.75, 3.05) is 0 Å². The quantitative estimate of drug-likeness (QED) is 0.303. The topological polar surface area (TPSA) is 3.01 Å². The zero-order valence-corrected chi connectivity index (χ0v) is 15.0. The molecule has 4 aromatic rings. The van der Waals surface area contributed by atoms with Crippen molar-refractivity contribution < 1.29 is 4.58 Å². The highest BCUT2D eigenvalue weighted by atomic mass is 15.0. The molecule has 27 heavy (non-hydrogen) atoms. The summed E-state index contributed by atoms with van der Waals surface area (Å²) in [6.07, 6.45) is 4.22. The van der Waals surface area contributed by atoms with Crippen LogP contribution in [0.3, 0.4) is 0 Å². The normalized spacial score (nSPS) is 13.0. The summed E-state index contributed by atoms with van der Waals surface area (Å²) in [7, 11) is 0. The summed E-state index contributed by atoms with van der Waals surface area (Å²) in [5, 5.41) is 2.53. The van der Waals surface area contributed by atoms with Crippen molar-refractivity contribution in [3.05, 3.63) is 120 Å². The van der Waals surface area contributed by atoms with Crippen LogP contribution in [0.4, 0.5) is 0 Å². The van der Waals surface area contributed by atoms with Gasteiger partial charge in [-0.1, -0.05) is 91.0 Å². The van der Waals surface area contributed by atoms with Crippen molar-refractivity contribution in [1.82, 2.24) is 0 Å². The Bertz CT molecular complexity index is 1190. The van der Waals surface area contributed by atoms with E-state index in [0.717, 1.165) is 6.04 Å². The first kappa shape index (κ1) is 15.7. The third-order valence-corrected chi connectivity index (χ3v) is 5.18. The molecule has 1 heterocycles. The van der Waals surface area contributed by atoms with Gasteiger partial charge in [-0.3, -0.25) is 0 Å². The minimum atomic E-state index is 1.14. The molecule has 4 aromatic carbocycles. The first-order valence-corrected chi connectivity index (χ1v) is 9.14. The van der Waals surface area contributed by atoms with Crippen molar-refractivity contribution >= 4 is 23.6 Å². The molecule has 0 aromatic heterocycles. The maximum Gasteiger partial charge on any atom is 0.159 e. The highest BCUT2D eigenvalue weighted by molar-refractivity contribution is 5.93. The molecule has 0 atom stereocenters. The Morgan fingerprint density at radius 1 is 0.704 bits per heavy atom. The summed E-state index contributed by atoms with van der Waals surface area (Å²) in [5.74, 6) is 0. The van der Waals surface area contributed by atoms with Crippen LogP contribution >= 0.6 is 0 Å². The molecule has 0 bridgehead atoms. The molecular weight excluding hydrogens is 326 g/mol. The van der Waals surface area contributed by atoms with Gasteiger partial charge in [0, 0.05) is 0 Å². The third kappa shape index (κ3) is 2.65. The Labute approximate surface area is 159 Å². The zero-order chi connectivity index (χ0) is 18.2. The van der Waals surface area contributed by atoms with Crippen molar-refractivity contribution in [3.63, 3.8) is 0 Å². The Morgan fingerprint density at radius 2 is 1.48 bits per heavy atom. The van der Waals surface area contributed by atoms with Crippen LogP contribution in [-0.2, 0) is 0 Å². The molecule has 1 nitrogen and oxygen atoms in total. The van der Waals surface area contributed by atoms with E-state index in [0.29, 0.717) is 0 Å². The van der Waals surface area contributed by atoms with Gasteiger partial charge in [0.25, 0.3) is 0 Å². The fraction of sp³-hybridized carbons (Fsp3) is 0. The second kappa shape index (κ2) is 6.30. The molecule has 1 aliphatic heterocycles. The van der Waals surface area contributed by atoms with Crippen LogP contribution in [0.15, 0.2) is 97.2 Å². The van der Waals surface area contributed by atoms with Gasteiger partial charge in [-0.25, -0.2) is 4.58 Å². The van der Waals surface area contributed by atoms with E-state index < -0.39 is 0 Å². The Balaban J connectivity index is 1.68. The highest BCUT2D eigenvalue weighted by Gasteiger charge is 2.24. The fourth-order valence-electron chi connectivity index (χ4n) is 3.87. The minimum absolute atomic E-state index is 1.14. The molecular formula is C26H19N. The average Bonchev–Trinajstić information content (AvgIpc) is 2.74. The monoisotopic (exact) mass is 345 g/mol. The van der Waals surface area contributed by atoms with Gasteiger partial charge >= 0.3 is 0 Å². The Hall–Kier alpha value is -3.58. The van der Waals surface area contributed by atoms with Crippen molar-refractivity contribution in [3.8, 4) is 11.1 Å². The zero-order valence-electron chi connectivity index (χ0n) is 15.0. The maximum atomic E-state index is 4.25. The number of fused-ring (bicyclic) bond motifs is 3. The molecule has 0 saturated heterocycles. The van der Waals surface area contributed by atoms with Crippen LogP contribution in [0.2, 0.25) is 0 Å². The van der Waals surface area contributed by atoms with Gasteiger partial charge < -0.3 is 0 Å². The number of nitrogens with zero attached hydrogens (tertiary/aromatic N) is 1. The second-order valence-corrected chi connectivity index (χ2v) is 6.83. The van der Waals surface area contributed by atoms with E-state index in [9.17, 15) is 0 Å². The third-order valence-electron chi connectivity index (χ3n) is 5.18. The van der Waals surface area contributed by atoms with Gasteiger partial charge in [-0.15, -0.1) is 0 Å². The maximum absolute atomic E-state index is 4.25. The van der Waals surface area contributed by atoms with E-state index >= 15 is 0 Å². The van der Waals surface area contributed by atoms with E-state index in [1.54, 1.807) is 0 Å². The van der Waals surface area contributed by atoms with Gasteiger partial charge in [0.15, 0.2) is 6.04 Å². The molecule has 0 radical (unpaired) electrons. The van der Waals surface area contributed by atoms with Crippen molar-refractivity contribution in [2.24, 2.45) is 0 Å². The molecule has 128 valence electrons. The van der Waals surface area contributed by atoms with Crippen LogP contribution in [0.5, 0.6) is 0 Å². The molecule has 5 rings (SSSR count). The molecule has 0 saturated carbocycles. The number of rotatable bonds is 2. The first-order chi connectivity index (χ1) is 13.3. The van der Waals surface area contributed by atoms with E-state index in [-0.39, 0.29) is 0 Å². The summed E-state index contributed by atoms with van der Waals surface area (Å²) < 4.78 is 1.97. The predicted molar refractivity (Wildman–Crippen MR) is 114 cm³/mol. The van der Waals surface area contributed by atoms with E-state index in [1.165, 1.54) is 38.6 Å². The van der Waals surface area contributed by atoms with E-state index in [2.05, 4.69) is 104 Å². The van der Waals surface area contributed by atoms with Crippen LogP contribution in [0.1, 0.15) is 16.7 Å². The summed E-state index contributed by atoms with van der Waals surface area (Å²) in [6, 6.07) is 33.3. The molecule has 0 unspecified atom stereocenters. The van der Waals surface area contributed by atoms with E-state index in [4.69, 9.17) is 0 Å². The lowest BCUT2D eigenvalue weighted by molar-refractivity contribution is -0.418. The molecule has 0 N–H and O–H groups in total. The lowest BCUT2D eigenvalue weighted by atomic mass is 9.87. The van der Waals surface area contributed by atoms with Gasteiger partial charge in [-0.2, -0.15) is 0 Å². The summed E-state index contributed by atoms with van der Waals surface area (Å²) in [5.41, 5.74) is 6.09. The van der Waals surface area contributed by atoms with Crippen molar-refractivity contribution in [2.45, 2.75) is 0 Å². The second-order valence-electron chi connectivity index (χ2n) is 6.83. The van der Waals surface area contributed by atoms with Crippen LogP contribution < -0.4 is 0 Å². The molecule has 0 amide bonds. The summed E-state index contributed by atoms with van der Waals surface area (Å²) in [6.45, 7) is 4.25. The van der Waals surface area contributed by atoms with Gasteiger partial charge in [-0.05, 0) is 44.7 Å². The number of benzene rings is 4. The van der Waals surface area contributed by atoms with Gasteiger partial charge in [0.1, 0.15) is 6.20 Å². The fourth-order valence-corrected chi connectivity index (χ4v) is 3.87. The molecule has 0 spiro atoms. The summed E-state index contributed by atoms with van der Waals surface area (Å²) >= 11 is 0. The lowest BCUT2D eigenvalue weighted by Gasteiger charge is -2.25. The lowest BCUT2D eigenvalue weighted by Crippen LogP contribution is -2.19. The average molecular weight is 345 g/mol. The number of hydrogen-bond donors (Lipinski definition) is 0. The van der Waals surface area contributed by atoms with Crippen molar-refractivity contribution in [1.29, 1.82) is 0 Å². The van der Waals surface area contributed by atoms with Gasteiger partial charge in [0.05, 0.1) is 6.72 Å². The smallest absolute Gasteiger partial charge is 0.159 e. The van der Waals surface area contributed by atoms with Gasteiger partial charge in [0.2, 0.25) is 0 Å². The molecule has 0 aliphatic carbocycles. The SMILES string of the molecule is C=[N+]1C=Cc2c(ccc3ccccc23)[C-]1c1cccc(-c2ccccc2)c1. The Morgan fingerprint density at radius 3 is 2.37 bits per heavy atom. The summed E-state index contributed by atoms with van der Waals surface area (Å²) in [4.78, 5) is 0. The van der Waals surface area contributed by atoms with E-state index in [1.807, 2.05) is 10.6 Å². The highest BCUT2D eigenvalue weighted by Crippen LogP contribution is 2.36. The minimum Gasteiger partial charge on any atom is -0.243 e. The molecule has 1 heteroatoms. The largest absolute Gasteiger partial charge is 0.243 e. The molecule has 0 fully saturated rings. The standard InChI is InChI=1S/C26H19N/c1-27-17-16-24-23-13-6-5-10-20(23)14-15-25(24)26(27)22-12-7-11-21(18-22)19-8-3-2-4-9-19/h2-18H,1H2. The van der Waals surface area contributed by atoms with Crippen LogP contribution in [0.25, 0.3) is 28.0 Å². The first-order valence-electron chi connectivity index (χ1n) is 9.14. The van der Waals surface area contributed by atoms with Crippen LogP contribution in [-0.4, -0.2) is 11.3 Å². The predicted octanol–water partition coefficient (Wildman–Crippen LogP) is 6.13. The number of hydrogen-bond acceptors (Lipinski definition) is 0.